The maximum Gasteiger partial charge on any atom is 0.329 e. The van der Waals surface area contributed by atoms with Crippen LogP contribution in [0.15, 0.2) is 79.7 Å². The molecule has 0 atom stereocenters. The van der Waals surface area contributed by atoms with Crippen molar-refractivity contribution >= 4 is 44.0 Å². The molecule has 0 fully saturated rings. The van der Waals surface area contributed by atoms with Crippen molar-refractivity contribution < 1.29 is 22.4 Å². The normalized spacial score (nSPS) is 11.4. The van der Waals surface area contributed by atoms with Crippen LogP contribution >= 0.6 is 15.9 Å². The van der Waals surface area contributed by atoms with Crippen molar-refractivity contribution in [3.05, 3.63) is 82.5 Å². The van der Waals surface area contributed by atoms with Crippen molar-refractivity contribution in [3.8, 4) is 0 Å². The average Bonchev–Trinajstić information content (AvgIpc) is 3.25. The Morgan fingerprint density at radius 1 is 1.03 bits per heavy atom. The first-order chi connectivity index (χ1) is 15.3. The van der Waals surface area contributed by atoms with Crippen LogP contribution in [-0.4, -0.2) is 31.4 Å². The van der Waals surface area contributed by atoms with E-state index in [1.807, 2.05) is 0 Å². The van der Waals surface area contributed by atoms with Gasteiger partial charge in [0.2, 0.25) is 10.0 Å². The fourth-order valence-electron chi connectivity index (χ4n) is 2.38. The van der Waals surface area contributed by atoms with Gasteiger partial charge in [-0.15, -0.1) is 0 Å². The number of halogens is 1. The van der Waals surface area contributed by atoms with E-state index in [0.717, 1.165) is 4.47 Å². The Kier molecular flexibility index (Phi) is 7.87. The molecular formula is C20H18BrN5O5S. The second-order valence-electron chi connectivity index (χ2n) is 6.29. The molecule has 2 heterocycles. The number of carbonyl (C=O) groups is 2. The van der Waals surface area contributed by atoms with Gasteiger partial charge in [0.05, 0.1) is 29.9 Å². The third-order valence-electron chi connectivity index (χ3n) is 3.96. The summed E-state index contributed by atoms with van der Waals surface area (Å²) in [5.74, 6) is -1.22. The van der Waals surface area contributed by atoms with Gasteiger partial charge >= 0.3 is 11.8 Å². The fourth-order valence-corrected chi connectivity index (χ4v) is 3.64. The topological polar surface area (TPSA) is 143 Å². The van der Waals surface area contributed by atoms with Gasteiger partial charge in [-0.1, -0.05) is 22.0 Å². The van der Waals surface area contributed by atoms with Crippen molar-refractivity contribution in [1.29, 1.82) is 0 Å². The van der Waals surface area contributed by atoms with Gasteiger partial charge in [0.1, 0.15) is 11.5 Å². The van der Waals surface area contributed by atoms with Crippen LogP contribution < -0.4 is 15.5 Å². The van der Waals surface area contributed by atoms with E-state index in [1.54, 1.807) is 48.7 Å². The van der Waals surface area contributed by atoms with Crippen LogP contribution in [0.5, 0.6) is 0 Å². The first kappa shape index (κ1) is 23.3. The summed E-state index contributed by atoms with van der Waals surface area (Å²) in [6, 6.07) is 14.5. The van der Waals surface area contributed by atoms with Crippen LogP contribution in [0, 0.1) is 0 Å². The number of aromatic nitrogens is 1. The molecule has 0 aliphatic carbocycles. The zero-order chi connectivity index (χ0) is 23.0. The summed E-state index contributed by atoms with van der Waals surface area (Å²) in [4.78, 5) is 27.7. The number of hydrogen-bond donors (Lipinski definition) is 3. The molecular weight excluding hydrogens is 502 g/mol. The lowest BCUT2D eigenvalue weighted by molar-refractivity contribution is -0.139. The quantitative estimate of drug-likeness (QED) is 0.234. The predicted molar refractivity (Wildman–Crippen MR) is 119 cm³/mol. The molecule has 1 aromatic carbocycles. The summed E-state index contributed by atoms with van der Waals surface area (Å²) in [7, 11) is -3.70. The summed E-state index contributed by atoms with van der Waals surface area (Å²) in [6.45, 7) is 0.0308. The Labute approximate surface area is 192 Å². The molecule has 0 bridgehead atoms. The molecule has 0 saturated carbocycles. The van der Waals surface area contributed by atoms with E-state index in [9.17, 15) is 18.0 Å². The number of amides is 2. The van der Waals surface area contributed by atoms with E-state index in [-0.39, 0.29) is 23.7 Å². The summed E-state index contributed by atoms with van der Waals surface area (Å²) in [5, 5.41) is 6.08. The lowest BCUT2D eigenvalue weighted by atomic mass is 10.3. The lowest BCUT2D eigenvalue weighted by Gasteiger charge is -2.05. The minimum Gasteiger partial charge on any atom is -0.459 e. The predicted octanol–water partition coefficient (Wildman–Crippen LogP) is 1.68. The van der Waals surface area contributed by atoms with E-state index in [1.165, 1.54) is 18.3 Å². The Hall–Kier alpha value is -3.35. The minimum atomic E-state index is -3.70. The van der Waals surface area contributed by atoms with Crippen molar-refractivity contribution in [2.75, 3.05) is 0 Å². The number of sulfonamides is 1. The van der Waals surface area contributed by atoms with E-state index in [0.29, 0.717) is 11.5 Å². The van der Waals surface area contributed by atoms with Gasteiger partial charge in [0.25, 0.3) is 0 Å². The van der Waals surface area contributed by atoms with Gasteiger partial charge in [0, 0.05) is 10.7 Å². The highest BCUT2D eigenvalue weighted by Crippen LogP contribution is 2.15. The van der Waals surface area contributed by atoms with Gasteiger partial charge in [-0.25, -0.2) is 18.6 Å². The summed E-state index contributed by atoms with van der Waals surface area (Å²) in [5.41, 5.74) is 2.69. The second-order valence-corrected chi connectivity index (χ2v) is 8.97. The van der Waals surface area contributed by atoms with Crippen LogP contribution in [0.25, 0.3) is 0 Å². The van der Waals surface area contributed by atoms with Gasteiger partial charge < -0.3 is 9.73 Å². The maximum atomic E-state index is 12.3. The molecule has 0 spiro atoms. The third kappa shape index (κ3) is 6.83. The first-order valence-electron chi connectivity index (χ1n) is 9.18. The molecule has 0 saturated heterocycles. The molecule has 166 valence electrons. The molecule has 3 N–H and O–H groups in total. The van der Waals surface area contributed by atoms with Crippen LogP contribution in [-0.2, 0) is 32.7 Å². The Morgan fingerprint density at radius 2 is 1.81 bits per heavy atom. The Morgan fingerprint density at radius 3 is 2.53 bits per heavy atom. The summed E-state index contributed by atoms with van der Waals surface area (Å²) in [6.07, 6.45) is 2.77. The molecule has 2 amide bonds. The number of hydrogen-bond acceptors (Lipinski definition) is 7. The largest absolute Gasteiger partial charge is 0.459 e. The van der Waals surface area contributed by atoms with Crippen molar-refractivity contribution in [2.24, 2.45) is 5.10 Å². The van der Waals surface area contributed by atoms with E-state index in [2.05, 4.69) is 41.5 Å². The second kappa shape index (κ2) is 10.8. The highest BCUT2D eigenvalue weighted by molar-refractivity contribution is 9.10. The number of hydrazone groups is 1. The van der Waals surface area contributed by atoms with Crippen LogP contribution in [0.2, 0.25) is 0 Å². The Bertz CT molecular complexity index is 1210. The standard InChI is InChI=1S/C20H18BrN5O5S/c21-14-4-8-18(9-5-14)32(29,30)25-13-17-7-6-16(31-17)12-24-26-20(28)19(27)23-11-15-3-1-2-10-22-15/h1-10,12,25H,11,13H2,(H,23,27)(H,26,28)/b24-12+. The molecule has 0 aliphatic heterocycles. The molecule has 0 radical (unpaired) electrons. The monoisotopic (exact) mass is 519 g/mol. The molecule has 2 aromatic heterocycles. The van der Waals surface area contributed by atoms with Crippen molar-refractivity contribution in [1.82, 2.24) is 20.4 Å². The van der Waals surface area contributed by atoms with E-state index >= 15 is 0 Å². The molecule has 12 heteroatoms. The highest BCUT2D eigenvalue weighted by atomic mass is 79.9. The summed E-state index contributed by atoms with van der Waals surface area (Å²) < 4.78 is 33.2. The molecule has 0 aliphatic rings. The number of carbonyl (C=O) groups excluding carboxylic acids is 2. The van der Waals surface area contributed by atoms with Crippen LogP contribution in [0.3, 0.4) is 0 Å². The van der Waals surface area contributed by atoms with Crippen LogP contribution in [0.4, 0.5) is 0 Å². The average molecular weight is 520 g/mol. The number of pyridine rings is 1. The van der Waals surface area contributed by atoms with E-state index < -0.39 is 21.8 Å². The number of nitrogens with one attached hydrogen (secondary N) is 3. The van der Waals surface area contributed by atoms with Gasteiger partial charge in [-0.05, 0) is 48.5 Å². The lowest BCUT2D eigenvalue weighted by Crippen LogP contribution is -2.37. The zero-order valence-electron chi connectivity index (χ0n) is 16.5. The van der Waals surface area contributed by atoms with Gasteiger partial charge in [0.15, 0.2) is 0 Å². The molecule has 10 nitrogen and oxygen atoms in total. The fraction of sp³-hybridized carbons (Fsp3) is 0.100. The third-order valence-corrected chi connectivity index (χ3v) is 5.91. The molecule has 3 rings (SSSR count). The maximum absolute atomic E-state index is 12.3. The first-order valence-corrected chi connectivity index (χ1v) is 11.5. The van der Waals surface area contributed by atoms with Crippen molar-refractivity contribution in [2.45, 2.75) is 18.0 Å². The number of benzene rings is 1. The molecule has 32 heavy (non-hydrogen) atoms. The van der Waals surface area contributed by atoms with Gasteiger partial charge in [-0.3, -0.25) is 14.6 Å². The van der Waals surface area contributed by atoms with E-state index in [4.69, 9.17) is 4.42 Å². The SMILES string of the molecule is O=C(NCc1ccccn1)C(=O)N/N=C/c1ccc(CNS(=O)(=O)c2ccc(Br)cc2)o1. The minimum absolute atomic E-state index is 0.0749. The number of furan rings is 1. The Balaban J connectivity index is 1.46. The summed E-state index contributed by atoms with van der Waals surface area (Å²) >= 11 is 3.25. The zero-order valence-corrected chi connectivity index (χ0v) is 18.9. The number of rotatable bonds is 8. The molecule has 3 aromatic rings. The number of nitrogens with zero attached hydrogens (tertiary/aromatic N) is 2. The highest BCUT2D eigenvalue weighted by Gasteiger charge is 2.15. The van der Waals surface area contributed by atoms with Crippen LogP contribution in [0.1, 0.15) is 17.2 Å². The van der Waals surface area contributed by atoms with Gasteiger partial charge in [-0.2, -0.15) is 5.10 Å². The van der Waals surface area contributed by atoms with Crippen molar-refractivity contribution in [3.63, 3.8) is 0 Å². The smallest absolute Gasteiger partial charge is 0.329 e. The molecule has 0 unspecified atom stereocenters.